The molecule has 1 amide bonds. The molecule has 0 spiro atoms. The maximum atomic E-state index is 12.0. The number of anilines is 1. The van der Waals surface area contributed by atoms with Gasteiger partial charge in [-0.25, -0.2) is 13.6 Å². The molecule has 9 heteroatoms. The highest BCUT2D eigenvalue weighted by Crippen LogP contribution is 2.16. The lowest BCUT2D eigenvalue weighted by Gasteiger charge is -2.16. The van der Waals surface area contributed by atoms with Gasteiger partial charge in [0.1, 0.15) is 6.54 Å². The minimum absolute atomic E-state index is 0.0276. The predicted molar refractivity (Wildman–Crippen MR) is 110 cm³/mol. The van der Waals surface area contributed by atoms with Gasteiger partial charge >= 0.3 is 5.97 Å². The Balaban J connectivity index is 1.76. The minimum atomic E-state index is -3.77. The van der Waals surface area contributed by atoms with Crippen LogP contribution in [-0.4, -0.2) is 33.4 Å². The molecule has 0 aromatic heterocycles. The lowest BCUT2D eigenvalue weighted by molar-refractivity contribution is -0.147. The molecule has 0 saturated carbocycles. The van der Waals surface area contributed by atoms with E-state index in [-0.39, 0.29) is 24.1 Å². The molecule has 1 atom stereocenters. The van der Waals surface area contributed by atoms with Crippen LogP contribution in [0.2, 0.25) is 0 Å². The van der Waals surface area contributed by atoms with Crippen molar-refractivity contribution >= 4 is 27.6 Å². The van der Waals surface area contributed by atoms with Crippen LogP contribution in [0.3, 0.4) is 0 Å². The predicted octanol–water partition coefficient (Wildman–Crippen LogP) is 1.78. The van der Waals surface area contributed by atoms with E-state index in [9.17, 15) is 18.0 Å². The third-order valence-electron chi connectivity index (χ3n) is 4.39. The zero-order valence-corrected chi connectivity index (χ0v) is 17.4. The number of hydrogen-bond acceptors (Lipinski definition) is 6. The van der Waals surface area contributed by atoms with E-state index < -0.39 is 21.9 Å². The largest absolute Gasteiger partial charge is 0.454 e. The van der Waals surface area contributed by atoms with E-state index in [1.807, 2.05) is 39.0 Å². The summed E-state index contributed by atoms with van der Waals surface area (Å²) in [5.74, 6) is -1.02. The third-order valence-corrected chi connectivity index (χ3v) is 5.32. The van der Waals surface area contributed by atoms with E-state index in [1.165, 1.54) is 29.8 Å². The molecule has 8 nitrogen and oxygen atoms in total. The summed E-state index contributed by atoms with van der Waals surface area (Å²) in [5.41, 5.74) is 3.80. The summed E-state index contributed by atoms with van der Waals surface area (Å²) in [6.45, 7) is 5.32. The fourth-order valence-corrected chi connectivity index (χ4v) is 3.05. The SMILES string of the molecule is Cc1ccc([C@@H](C)NC(=O)COC(=O)CNc2ccc(S(N)(=O)=O)cc2)cc1C. The molecule has 2 aromatic carbocycles. The first-order valence-corrected chi connectivity index (χ1v) is 10.5. The molecule has 0 aliphatic rings. The monoisotopic (exact) mass is 419 g/mol. The summed E-state index contributed by atoms with van der Waals surface area (Å²) in [7, 11) is -3.77. The lowest BCUT2D eigenvalue weighted by Crippen LogP contribution is -2.32. The van der Waals surface area contributed by atoms with E-state index in [2.05, 4.69) is 10.6 Å². The van der Waals surface area contributed by atoms with Crippen molar-refractivity contribution in [3.05, 3.63) is 59.2 Å². The van der Waals surface area contributed by atoms with Gasteiger partial charge in [0.15, 0.2) is 6.61 Å². The summed E-state index contributed by atoms with van der Waals surface area (Å²) in [4.78, 5) is 23.8. The Morgan fingerprint density at radius 3 is 2.31 bits per heavy atom. The zero-order valence-electron chi connectivity index (χ0n) is 16.6. The molecule has 0 heterocycles. The molecular weight excluding hydrogens is 394 g/mol. The third kappa shape index (κ3) is 6.88. The van der Waals surface area contributed by atoms with Crippen molar-refractivity contribution in [3.8, 4) is 0 Å². The molecular formula is C20H25N3O5S. The van der Waals surface area contributed by atoms with Crippen molar-refractivity contribution in [2.45, 2.75) is 31.7 Å². The van der Waals surface area contributed by atoms with Crippen molar-refractivity contribution in [2.75, 3.05) is 18.5 Å². The second-order valence-electron chi connectivity index (χ2n) is 6.72. The molecule has 0 saturated heterocycles. The average molecular weight is 420 g/mol. The van der Waals surface area contributed by atoms with Gasteiger partial charge in [0.25, 0.3) is 5.91 Å². The molecule has 156 valence electrons. The van der Waals surface area contributed by atoms with Gasteiger partial charge in [-0.15, -0.1) is 0 Å². The fourth-order valence-electron chi connectivity index (χ4n) is 2.53. The van der Waals surface area contributed by atoms with E-state index in [0.29, 0.717) is 5.69 Å². The molecule has 0 bridgehead atoms. The number of nitrogens with one attached hydrogen (secondary N) is 2. The van der Waals surface area contributed by atoms with Crippen LogP contribution in [0.25, 0.3) is 0 Å². The topological polar surface area (TPSA) is 128 Å². The van der Waals surface area contributed by atoms with Crippen LogP contribution in [0, 0.1) is 13.8 Å². The Morgan fingerprint density at radius 1 is 1.07 bits per heavy atom. The number of amides is 1. The Kier molecular flexibility index (Phi) is 7.35. The van der Waals surface area contributed by atoms with Crippen molar-refractivity contribution in [2.24, 2.45) is 5.14 Å². The number of nitrogens with two attached hydrogens (primary N) is 1. The summed E-state index contributed by atoms with van der Waals surface area (Å²) in [6.07, 6.45) is 0. The lowest BCUT2D eigenvalue weighted by atomic mass is 10.0. The molecule has 0 fully saturated rings. The number of rotatable bonds is 8. The van der Waals surface area contributed by atoms with Gasteiger partial charge in [-0.1, -0.05) is 18.2 Å². The summed E-state index contributed by atoms with van der Waals surface area (Å²) >= 11 is 0. The maximum Gasteiger partial charge on any atom is 0.325 e. The average Bonchev–Trinajstić information content (AvgIpc) is 2.66. The van der Waals surface area contributed by atoms with Crippen molar-refractivity contribution < 1.29 is 22.7 Å². The Morgan fingerprint density at radius 2 is 1.72 bits per heavy atom. The normalized spacial score (nSPS) is 12.1. The van der Waals surface area contributed by atoms with Gasteiger partial charge in [-0.05, 0) is 61.7 Å². The van der Waals surface area contributed by atoms with Gasteiger partial charge in [-0.2, -0.15) is 0 Å². The first-order valence-electron chi connectivity index (χ1n) is 8.95. The number of sulfonamides is 1. The number of carbonyl (C=O) groups excluding carboxylic acids is 2. The highest BCUT2D eigenvalue weighted by atomic mass is 32.2. The Bertz CT molecular complexity index is 988. The second-order valence-corrected chi connectivity index (χ2v) is 8.28. The number of primary sulfonamides is 1. The summed E-state index contributed by atoms with van der Waals surface area (Å²) < 4.78 is 27.4. The van der Waals surface area contributed by atoms with Crippen LogP contribution in [0.15, 0.2) is 47.4 Å². The summed E-state index contributed by atoms with van der Waals surface area (Å²) in [6, 6.07) is 11.3. The fraction of sp³-hybridized carbons (Fsp3) is 0.300. The minimum Gasteiger partial charge on any atom is -0.454 e. The van der Waals surface area contributed by atoms with E-state index in [1.54, 1.807) is 0 Å². The van der Waals surface area contributed by atoms with Crippen LogP contribution in [0.1, 0.15) is 29.7 Å². The maximum absolute atomic E-state index is 12.0. The first kappa shape index (κ1) is 22.4. The van der Waals surface area contributed by atoms with Gasteiger partial charge in [0, 0.05) is 5.69 Å². The highest BCUT2D eigenvalue weighted by molar-refractivity contribution is 7.89. The number of esters is 1. The Labute approximate surface area is 170 Å². The van der Waals surface area contributed by atoms with Gasteiger partial charge < -0.3 is 15.4 Å². The van der Waals surface area contributed by atoms with Crippen LogP contribution in [0.5, 0.6) is 0 Å². The number of aryl methyl sites for hydroxylation is 2. The van der Waals surface area contributed by atoms with Gasteiger partial charge in [-0.3, -0.25) is 9.59 Å². The molecule has 4 N–H and O–H groups in total. The number of ether oxygens (including phenoxy) is 1. The number of carbonyl (C=O) groups is 2. The number of hydrogen-bond donors (Lipinski definition) is 3. The molecule has 0 aliphatic heterocycles. The van der Waals surface area contributed by atoms with Crippen molar-refractivity contribution in [1.29, 1.82) is 0 Å². The first-order chi connectivity index (χ1) is 13.6. The second kappa shape index (κ2) is 9.53. The van der Waals surface area contributed by atoms with Gasteiger partial charge in [0.05, 0.1) is 10.9 Å². The van der Waals surface area contributed by atoms with Crippen molar-refractivity contribution in [1.82, 2.24) is 5.32 Å². The molecule has 2 rings (SSSR count). The van der Waals surface area contributed by atoms with Crippen molar-refractivity contribution in [3.63, 3.8) is 0 Å². The smallest absolute Gasteiger partial charge is 0.325 e. The molecule has 0 radical (unpaired) electrons. The van der Waals surface area contributed by atoms with Gasteiger partial charge in [0.2, 0.25) is 10.0 Å². The quantitative estimate of drug-likeness (QED) is 0.560. The molecule has 0 aliphatic carbocycles. The van der Waals surface area contributed by atoms with Crippen LogP contribution in [0.4, 0.5) is 5.69 Å². The van der Waals surface area contributed by atoms with Crippen LogP contribution >= 0.6 is 0 Å². The van der Waals surface area contributed by atoms with Crippen LogP contribution < -0.4 is 15.8 Å². The Hall–Kier alpha value is -2.91. The van der Waals surface area contributed by atoms with E-state index in [4.69, 9.17) is 9.88 Å². The molecule has 2 aromatic rings. The highest BCUT2D eigenvalue weighted by Gasteiger charge is 2.13. The van der Waals surface area contributed by atoms with Crippen LogP contribution in [-0.2, 0) is 24.3 Å². The standard InChI is InChI=1S/C20H25N3O5S/c1-13-4-5-16(10-14(13)2)15(3)23-19(24)12-28-20(25)11-22-17-6-8-18(9-7-17)29(21,26)27/h4-10,15,22H,11-12H2,1-3H3,(H,23,24)(H2,21,26,27)/t15-/m1/s1. The summed E-state index contributed by atoms with van der Waals surface area (Å²) in [5, 5.41) is 10.6. The molecule has 29 heavy (non-hydrogen) atoms. The number of benzene rings is 2. The van der Waals surface area contributed by atoms with E-state index in [0.717, 1.165) is 11.1 Å². The zero-order chi connectivity index (χ0) is 21.6. The molecule has 0 unspecified atom stereocenters. The van der Waals surface area contributed by atoms with E-state index >= 15 is 0 Å².